The van der Waals surface area contributed by atoms with Crippen LogP contribution in [0.15, 0.2) is 29.3 Å². The Kier molecular flexibility index (Phi) is 10.9. The van der Waals surface area contributed by atoms with Gasteiger partial charge in [0.15, 0.2) is 11.8 Å². The van der Waals surface area contributed by atoms with Gasteiger partial charge in [-0.25, -0.2) is 4.98 Å². The maximum atomic E-state index is 5.19. The summed E-state index contributed by atoms with van der Waals surface area (Å²) >= 11 is 0. The summed E-state index contributed by atoms with van der Waals surface area (Å²) in [5.41, 5.74) is 0.948. The van der Waals surface area contributed by atoms with Gasteiger partial charge in [-0.05, 0) is 63.2 Å². The molecule has 0 spiro atoms. The highest BCUT2D eigenvalue weighted by atomic mass is 127. The van der Waals surface area contributed by atoms with Crippen molar-refractivity contribution in [2.45, 2.75) is 38.6 Å². The van der Waals surface area contributed by atoms with Crippen LogP contribution in [0.1, 0.15) is 37.9 Å². The molecule has 2 heterocycles. The molecule has 9 heteroatoms. The topological polar surface area (TPSA) is 90.5 Å². The third-order valence-corrected chi connectivity index (χ3v) is 5.17. The SMILES string of the molecule is CN=C(NCCCN1CCCCCC1)NCc1nc(-c2ccc(OC)cc2)n[nH]1.I. The average molecular weight is 527 g/mol. The summed E-state index contributed by atoms with van der Waals surface area (Å²) in [5.74, 6) is 3.04. The molecule has 0 radical (unpaired) electrons. The standard InChI is InChI=1S/C21H33N7O.HI/c1-22-21(23-12-7-15-28-13-5-3-4-6-14-28)24-16-19-25-20(27-26-19)17-8-10-18(29-2)11-9-17;/h8-11H,3-7,12-16H2,1-2H3,(H2,22,23,24)(H,25,26,27);1H. The minimum Gasteiger partial charge on any atom is -0.497 e. The number of H-pyrrole nitrogens is 1. The quantitative estimate of drug-likeness (QED) is 0.212. The lowest BCUT2D eigenvalue weighted by Crippen LogP contribution is -2.38. The number of methoxy groups -OCH3 is 1. The van der Waals surface area contributed by atoms with Gasteiger partial charge < -0.3 is 20.3 Å². The number of nitrogens with zero attached hydrogens (tertiary/aromatic N) is 4. The fraction of sp³-hybridized carbons (Fsp3) is 0.571. The summed E-state index contributed by atoms with van der Waals surface area (Å²) in [7, 11) is 3.44. The van der Waals surface area contributed by atoms with Crippen molar-refractivity contribution in [3.8, 4) is 17.1 Å². The number of guanidine groups is 1. The number of aromatic amines is 1. The van der Waals surface area contributed by atoms with Crippen molar-refractivity contribution in [3.63, 3.8) is 0 Å². The molecule has 1 aromatic carbocycles. The van der Waals surface area contributed by atoms with E-state index < -0.39 is 0 Å². The first-order valence-electron chi connectivity index (χ1n) is 10.5. The summed E-state index contributed by atoms with van der Waals surface area (Å²) in [6, 6.07) is 7.70. The Morgan fingerprint density at radius 2 is 1.87 bits per heavy atom. The van der Waals surface area contributed by atoms with Gasteiger partial charge in [-0.3, -0.25) is 10.1 Å². The minimum absolute atomic E-state index is 0. The summed E-state index contributed by atoms with van der Waals surface area (Å²) < 4.78 is 5.19. The molecule has 1 aromatic heterocycles. The zero-order valence-corrected chi connectivity index (χ0v) is 20.3. The lowest BCUT2D eigenvalue weighted by atomic mass is 10.2. The molecule has 1 aliphatic rings. The number of aliphatic imine (C=N–C) groups is 1. The molecule has 8 nitrogen and oxygen atoms in total. The van der Waals surface area contributed by atoms with E-state index in [4.69, 9.17) is 4.74 Å². The molecule has 0 unspecified atom stereocenters. The lowest BCUT2D eigenvalue weighted by molar-refractivity contribution is 0.282. The molecule has 30 heavy (non-hydrogen) atoms. The van der Waals surface area contributed by atoms with Gasteiger partial charge in [-0.1, -0.05) is 12.8 Å². The number of likely N-dealkylation sites (tertiary alicyclic amines) is 1. The van der Waals surface area contributed by atoms with E-state index in [1.54, 1.807) is 14.2 Å². The summed E-state index contributed by atoms with van der Waals surface area (Å²) in [4.78, 5) is 11.4. The highest BCUT2D eigenvalue weighted by Crippen LogP contribution is 2.18. The van der Waals surface area contributed by atoms with E-state index in [-0.39, 0.29) is 24.0 Å². The van der Waals surface area contributed by atoms with Gasteiger partial charge in [-0.2, -0.15) is 5.10 Å². The number of hydrogen-bond acceptors (Lipinski definition) is 5. The second-order valence-electron chi connectivity index (χ2n) is 7.30. The van der Waals surface area contributed by atoms with Crippen LogP contribution in [0, 0.1) is 0 Å². The molecule has 3 rings (SSSR count). The molecule has 2 aromatic rings. The third-order valence-electron chi connectivity index (χ3n) is 5.17. The van der Waals surface area contributed by atoms with Crippen molar-refractivity contribution in [2.75, 3.05) is 40.3 Å². The lowest BCUT2D eigenvalue weighted by Gasteiger charge is -2.20. The summed E-state index contributed by atoms with van der Waals surface area (Å²) in [5, 5.41) is 14.0. The van der Waals surface area contributed by atoms with E-state index in [9.17, 15) is 0 Å². The van der Waals surface area contributed by atoms with Crippen molar-refractivity contribution in [1.29, 1.82) is 0 Å². The summed E-state index contributed by atoms with van der Waals surface area (Å²) in [6.45, 7) is 5.08. The smallest absolute Gasteiger partial charge is 0.191 e. The highest BCUT2D eigenvalue weighted by molar-refractivity contribution is 14.0. The van der Waals surface area contributed by atoms with Crippen LogP contribution in [0.4, 0.5) is 0 Å². The number of benzene rings is 1. The zero-order chi connectivity index (χ0) is 20.3. The average Bonchev–Trinajstić information content (AvgIpc) is 3.08. The Balaban J connectivity index is 0.00000320. The van der Waals surface area contributed by atoms with Gasteiger partial charge in [-0.15, -0.1) is 24.0 Å². The molecule has 1 saturated heterocycles. The predicted octanol–water partition coefficient (Wildman–Crippen LogP) is 3.03. The van der Waals surface area contributed by atoms with Crippen LogP contribution in [0.3, 0.4) is 0 Å². The van der Waals surface area contributed by atoms with E-state index >= 15 is 0 Å². The van der Waals surface area contributed by atoms with Gasteiger partial charge in [0, 0.05) is 19.2 Å². The first-order chi connectivity index (χ1) is 14.3. The maximum absolute atomic E-state index is 5.19. The van der Waals surface area contributed by atoms with E-state index in [0.29, 0.717) is 12.4 Å². The van der Waals surface area contributed by atoms with Gasteiger partial charge >= 0.3 is 0 Å². The van der Waals surface area contributed by atoms with Crippen molar-refractivity contribution < 1.29 is 4.74 Å². The van der Waals surface area contributed by atoms with Crippen LogP contribution in [-0.4, -0.2) is 66.4 Å². The first kappa shape index (κ1) is 24.4. The molecule has 0 bridgehead atoms. The Labute approximate surface area is 196 Å². The number of rotatable bonds is 8. The Bertz CT molecular complexity index is 755. The monoisotopic (exact) mass is 527 g/mol. The van der Waals surface area contributed by atoms with Crippen LogP contribution in [-0.2, 0) is 6.54 Å². The van der Waals surface area contributed by atoms with Crippen molar-refractivity contribution in [2.24, 2.45) is 4.99 Å². The Morgan fingerprint density at radius 1 is 1.13 bits per heavy atom. The van der Waals surface area contributed by atoms with E-state index in [1.807, 2.05) is 24.3 Å². The van der Waals surface area contributed by atoms with Crippen molar-refractivity contribution in [3.05, 3.63) is 30.1 Å². The van der Waals surface area contributed by atoms with Crippen LogP contribution < -0.4 is 15.4 Å². The number of hydrogen-bond donors (Lipinski definition) is 3. The van der Waals surface area contributed by atoms with Gasteiger partial charge in [0.05, 0.1) is 13.7 Å². The van der Waals surface area contributed by atoms with Gasteiger partial charge in [0.1, 0.15) is 11.6 Å². The van der Waals surface area contributed by atoms with E-state index in [2.05, 4.69) is 35.7 Å². The highest BCUT2D eigenvalue weighted by Gasteiger charge is 2.09. The molecule has 0 amide bonds. The van der Waals surface area contributed by atoms with Crippen LogP contribution in [0.25, 0.3) is 11.4 Å². The minimum atomic E-state index is 0. The predicted molar refractivity (Wildman–Crippen MR) is 132 cm³/mol. The van der Waals surface area contributed by atoms with Crippen molar-refractivity contribution >= 4 is 29.9 Å². The third kappa shape index (κ3) is 7.75. The molecular weight excluding hydrogens is 493 g/mol. The van der Waals surface area contributed by atoms with Crippen LogP contribution >= 0.6 is 24.0 Å². The van der Waals surface area contributed by atoms with Gasteiger partial charge in [0.2, 0.25) is 0 Å². The maximum Gasteiger partial charge on any atom is 0.191 e. The Morgan fingerprint density at radius 3 is 2.53 bits per heavy atom. The molecular formula is C21H34IN7O. The molecule has 0 aliphatic carbocycles. The fourth-order valence-electron chi connectivity index (χ4n) is 3.50. The summed E-state index contributed by atoms with van der Waals surface area (Å²) in [6.07, 6.45) is 6.56. The molecule has 1 fully saturated rings. The molecule has 3 N–H and O–H groups in total. The van der Waals surface area contributed by atoms with Crippen LogP contribution in [0.2, 0.25) is 0 Å². The zero-order valence-electron chi connectivity index (χ0n) is 18.0. The molecule has 0 atom stereocenters. The first-order valence-corrected chi connectivity index (χ1v) is 10.5. The molecule has 1 aliphatic heterocycles. The van der Waals surface area contributed by atoms with E-state index in [1.165, 1.54) is 38.8 Å². The number of halogens is 1. The molecule has 0 saturated carbocycles. The molecule has 166 valence electrons. The largest absolute Gasteiger partial charge is 0.497 e. The van der Waals surface area contributed by atoms with Gasteiger partial charge in [0.25, 0.3) is 0 Å². The fourth-order valence-corrected chi connectivity index (χ4v) is 3.50. The Hall–Kier alpha value is -1.88. The second-order valence-corrected chi connectivity index (χ2v) is 7.30. The number of aromatic nitrogens is 3. The second kappa shape index (κ2) is 13.4. The normalized spacial score (nSPS) is 15.2. The van der Waals surface area contributed by atoms with Crippen molar-refractivity contribution in [1.82, 2.24) is 30.7 Å². The van der Waals surface area contributed by atoms with E-state index in [0.717, 1.165) is 42.6 Å². The van der Waals surface area contributed by atoms with Crippen LogP contribution in [0.5, 0.6) is 5.75 Å². The number of ether oxygens (including phenoxy) is 1. The number of nitrogens with one attached hydrogen (secondary N) is 3.